The first-order chi connectivity index (χ1) is 9.25. The van der Waals surface area contributed by atoms with Crippen molar-refractivity contribution in [3.05, 3.63) is 42.4 Å². The third-order valence-corrected chi connectivity index (χ3v) is 4.41. The van der Waals surface area contributed by atoms with E-state index >= 15 is 0 Å². The van der Waals surface area contributed by atoms with Crippen LogP contribution in [-0.2, 0) is 5.54 Å². The predicted octanol–water partition coefficient (Wildman–Crippen LogP) is 3.09. The van der Waals surface area contributed by atoms with Crippen LogP contribution in [0.2, 0.25) is 0 Å². The van der Waals surface area contributed by atoms with Crippen molar-refractivity contribution in [3.63, 3.8) is 0 Å². The summed E-state index contributed by atoms with van der Waals surface area (Å²) in [5, 5.41) is 0. The molecule has 1 aromatic carbocycles. The summed E-state index contributed by atoms with van der Waals surface area (Å²) < 4.78 is 2.31. The lowest BCUT2D eigenvalue weighted by atomic mass is 9.96. The average Bonchev–Trinajstić information content (AvgIpc) is 3.09. The highest BCUT2D eigenvalue weighted by atomic mass is 15.1. The highest BCUT2D eigenvalue weighted by molar-refractivity contribution is 5.59. The zero-order valence-electron chi connectivity index (χ0n) is 11.5. The standard InChI is InChI=1S/C16H21N3/c1-13-4-6-14(7-5-13)15-10-18-12-19(15)16(11-17)8-2-3-9-16/h4-7,10,12H,2-3,8-9,11,17H2,1H3. The second-order valence-electron chi connectivity index (χ2n) is 5.65. The van der Waals surface area contributed by atoms with E-state index in [2.05, 4.69) is 40.7 Å². The van der Waals surface area contributed by atoms with Crippen LogP contribution < -0.4 is 5.73 Å². The first kappa shape index (κ1) is 12.4. The van der Waals surface area contributed by atoms with Crippen LogP contribution in [0.25, 0.3) is 11.3 Å². The number of aromatic nitrogens is 2. The number of nitrogens with zero attached hydrogens (tertiary/aromatic N) is 2. The van der Waals surface area contributed by atoms with Crippen LogP contribution >= 0.6 is 0 Å². The largest absolute Gasteiger partial charge is 0.328 e. The Bertz CT molecular complexity index is 548. The molecule has 1 saturated carbocycles. The molecule has 100 valence electrons. The van der Waals surface area contributed by atoms with Crippen molar-refractivity contribution in [3.8, 4) is 11.3 Å². The van der Waals surface area contributed by atoms with E-state index in [4.69, 9.17) is 5.73 Å². The van der Waals surface area contributed by atoms with E-state index in [1.807, 2.05) is 12.5 Å². The van der Waals surface area contributed by atoms with E-state index in [9.17, 15) is 0 Å². The molecule has 0 spiro atoms. The van der Waals surface area contributed by atoms with Crippen LogP contribution in [0, 0.1) is 6.92 Å². The van der Waals surface area contributed by atoms with Gasteiger partial charge in [-0.2, -0.15) is 0 Å². The van der Waals surface area contributed by atoms with Crippen molar-refractivity contribution in [2.24, 2.45) is 5.73 Å². The van der Waals surface area contributed by atoms with Crippen molar-refractivity contribution in [1.82, 2.24) is 9.55 Å². The fourth-order valence-corrected chi connectivity index (χ4v) is 3.19. The third kappa shape index (κ3) is 2.08. The van der Waals surface area contributed by atoms with Gasteiger partial charge in [0.05, 0.1) is 23.8 Å². The number of nitrogens with two attached hydrogens (primary N) is 1. The molecule has 1 fully saturated rings. The van der Waals surface area contributed by atoms with E-state index in [-0.39, 0.29) is 5.54 Å². The Morgan fingerprint density at radius 3 is 2.53 bits per heavy atom. The second-order valence-corrected chi connectivity index (χ2v) is 5.65. The van der Waals surface area contributed by atoms with Crippen LogP contribution in [-0.4, -0.2) is 16.1 Å². The third-order valence-electron chi connectivity index (χ3n) is 4.41. The predicted molar refractivity (Wildman–Crippen MR) is 77.9 cm³/mol. The fourth-order valence-electron chi connectivity index (χ4n) is 3.19. The van der Waals surface area contributed by atoms with Gasteiger partial charge in [0.15, 0.2) is 0 Å². The fraction of sp³-hybridized carbons (Fsp3) is 0.438. The summed E-state index contributed by atoms with van der Waals surface area (Å²) in [5.41, 5.74) is 9.86. The minimum Gasteiger partial charge on any atom is -0.328 e. The molecule has 0 unspecified atom stereocenters. The molecule has 0 bridgehead atoms. The van der Waals surface area contributed by atoms with Gasteiger partial charge in [0, 0.05) is 6.54 Å². The van der Waals surface area contributed by atoms with Gasteiger partial charge in [-0.3, -0.25) is 0 Å². The highest BCUT2D eigenvalue weighted by Crippen LogP contribution is 2.38. The number of aryl methyl sites for hydroxylation is 1. The van der Waals surface area contributed by atoms with Gasteiger partial charge in [-0.1, -0.05) is 42.7 Å². The van der Waals surface area contributed by atoms with E-state index in [0.29, 0.717) is 6.54 Å². The Hall–Kier alpha value is -1.61. The lowest BCUT2D eigenvalue weighted by Gasteiger charge is -2.31. The van der Waals surface area contributed by atoms with Gasteiger partial charge in [-0.15, -0.1) is 0 Å². The van der Waals surface area contributed by atoms with Crippen molar-refractivity contribution in [1.29, 1.82) is 0 Å². The Kier molecular flexibility index (Phi) is 3.15. The number of hydrogen-bond donors (Lipinski definition) is 1. The topological polar surface area (TPSA) is 43.8 Å². The number of imidazole rings is 1. The first-order valence-corrected chi connectivity index (χ1v) is 7.05. The first-order valence-electron chi connectivity index (χ1n) is 7.05. The van der Waals surface area contributed by atoms with Crippen LogP contribution in [0.5, 0.6) is 0 Å². The summed E-state index contributed by atoms with van der Waals surface area (Å²) in [7, 11) is 0. The van der Waals surface area contributed by atoms with Gasteiger partial charge in [0.2, 0.25) is 0 Å². The molecule has 1 aliphatic carbocycles. The van der Waals surface area contributed by atoms with Gasteiger partial charge in [0.25, 0.3) is 0 Å². The average molecular weight is 255 g/mol. The molecular weight excluding hydrogens is 234 g/mol. The zero-order valence-corrected chi connectivity index (χ0v) is 11.5. The molecule has 0 atom stereocenters. The van der Waals surface area contributed by atoms with E-state index in [1.54, 1.807) is 0 Å². The molecule has 19 heavy (non-hydrogen) atoms. The van der Waals surface area contributed by atoms with Crippen molar-refractivity contribution in [2.45, 2.75) is 38.1 Å². The number of benzene rings is 1. The Balaban J connectivity index is 2.05. The summed E-state index contributed by atoms with van der Waals surface area (Å²) in [4.78, 5) is 4.37. The van der Waals surface area contributed by atoms with E-state index in [1.165, 1.54) is 42.5 Å². The Labute approximate surface area is 114 Å². The molecule has 2 aromatic rings. The molecule has 3 rings (SSSR count). The molecule has 0 amide bonds. The Morgan fingerprint density at radius 1 is 1.21 bits per heavy atom. The molecule has 0 saturated heterocycles. The van der Waals surface area contributed by atoms with Crippen LogP contribution in [0.3, 0.4) is 0 Å². The summed E-state index contributed by atoms with van der Waals surface area (Å²) in [6, 6.07) is 8.64. The molecule has 0 radical (unpaired) electrons. The maximum atomic E-state index is 6.08. The second kappa shape index (κ2) is 4.82. The van der Waals surface area contributed by atoms with Gasteiger partial charge in [-0.05, 0) is 25.3 Å². The van der Waals surface area contributed by atoms with E-state index < -0.39 is 0 Å². The lowest BCUT2D eigenvalue weighted by molar-refractivity contribution is 0.307. The summed E-state index contributed by atoms with van der Waals surface area (Å²) in [5.74, 6) is 0. The molecule has 2 N–H and O–H groups in total. The maximum Gasteiger partial charge on any atom is 0.0956 e. The number of rotatable bonds is 3. The quantitative estimate of drug-likeness (QED) is 0.916. The monoisotopic (exact) mass is 255 g/mol. The smallest absolute Gasteiger partial charge is 0.0956 e. The minimum atomic E-state index is 0.0801. The van der Waals surface area contributed by atoms with Crippen molar-refractivity contribution >= 4 is 0 Å². The van der Waals surface area contributed by atoms with Gasteiger partial charge in [0.1, 0.15) is 0 Å². The molecule has 1 heterocycles. The van der Waals surface area contributed by atoms with Gasteiger partial charge < -0.3 is 10.3 Å². The van der Waals surface area contributed by atoms with Crippen LogP contribution in [0.15, 0.2) is 36.8 Å². The van der Waals surface area contributed by atoms with E-state index in [0.717, 1.165) is 0 Å². The lowest BCUT2D eigenvalue weighted by Crippen LogP contribution is -2.38. The molecule has 3 nitrogen and oxygen atoms in total. The van der Waals surface area contributed by atoms with Crippen LogP contribution in [0.1, 0.15) is 31.2 Å². The molecule has 1 aromatic heterocycles. The van der Waals surface area contributed by atoms with Gasteiger partial charge in [-0.25, -0.2) is 4.98 Å². The minimum absolute atomic E-state index is 0.0801. The zero-order chi connectivity index (χ0) is 13.3. The summed E-state index contributed by atoms with van der Waals surface area (Å²) in [6.45, 7) is 2.81. The van der Waals surface area contributed by atoms with Gasteiger partial charge >= 0.3 is 0 Å². The van der Waals surface area contributed by atoms with Crippen LogP contribution in [0.4, 0.5) is 0 Å². The highest BCUT2D eigenvalue weighted by Gasteiger charge is 2.35. The maximum absolute atomic E-state index is 6.08. The van der Waals surface area contributed by atoms with Crippen molar-refractivity contribution in [2.75, 3.05) is 6.54 Å². The SMILES string of the molecule is Cc1ccc(-c2cncn2C2(CN)CCCC2)cc1. The summed E-state index contributed by atoms with van der Waals surface area (Å²) >= 11 is 0. The normalized spacial score (nSPS) is 17.8. The summed E-state index contributed by atoms with van der Waals surface area (Å²) in [6.07, 6.45) is 8.77. The Morgan fingerprint density at radius 2 is 1.89 bits per heavy atom. The molecular formula is C16H21N3. The molecule has 1 aliphatic rings. The van der Waals surface area contributed by atoms with Crippen molar-refractivity contribution < 1.29 is 0 Å². The molecule has 0 aliphatic heterocycles. The number of hydrogen-bond acceptors (Lipinski definition) is 2. The molecule has 3 heteroatoms.